The van der Waals surface area contributed by atoms with Gasteiger partial charge < -0.3 is 15.3 Å². The van der Waals surface area contributed by atoms with E-state index in [1.165, 1.54) is 4.90 Å². The van der Waals surface area contributed by atoms with E-state index in [9.17, 15) is 9.59 Å². The highest BCUT2D eigenvalue weighted by atomic mass is 79.9. The topological polar surface area (TPSA) is 69.6 Å². The molecule has 1 aromatic carbocycles. The Labute approximate surface area is 120 Å². The number of urea groups is 1. The molecule has 0 heterocycles. The van der Waals surface area contributed by atoms with Gasteiger partial charge in [-0.1, -0.05) is 22.9 Å². The van der Waals surface area contributed by atoms with E-state index >= 15 is 0 Å². The second-order valence-corrected chi connectivity index (χ2v) is 5.12. The van der Waals surface area contributed by atoms with E-state index in [0.29, 0.717) is 18.7 Å². The molecule has 2 amide bonds. The molecule has 0 atom stereocenters. The first kappa shape index (κ1) is 15.5. The zero-order chi connectivity index (χ0) is 14.4. The van der Waals surface area contributed by atoms with Crippen molar-refractivity contribution in [2.75, 3.05) is 18.4 Å². The normalized spacial score (nSPS) is 10.1. The summed E-state index contributed by atoms with van der Waals surface area (Å²) in [6.45, 7) is 3.89. The molecule has 0 saturated heterocycles. The number of nitrogens with zero attached hydrogens (tertiary/aromatic N) is 1. The first-order chi connectivity index (χ1) is 8.93. The van der Waals surface area contributed by atoms with Crippen LogP contribution in [0.3, 0.4) is 0 Å². The molecule has 0 saturated carbocycles. The Bertz CT molecular complexity index is 477. The number of amides is 2. The molecule has 0 bridgehead atoms. The molecule has 104 valence electrons. The third-order valence-electron chi connectivity index (χ3n) is 2.54. The second kappa shape index (κ2) is 7.13. The molecular weight excluding hydrogens is 312 g/mol. The molecule has 0 radical (unpaired) electrons. The summed E-state index contributed by atoms with van der Waals surface area (Å²) in [5, 5.41) is 11.5. The Hall–Kier alpha value is -1.56. The minimum Gasteiger partial charge on any atom is -0.480 e. The maximum atomic E-state index is 12.0. The molecule has 0 fully saturated rings. The van der Waals surface area contributed by atoms with Crippen molar-refractivity contribution in [2.24, 2.45) is 0 Å². The predicted molar refractivity (Wildman–Crippen MR) is 77.4 cm³/mol. The molecule has 6 heteroatoms. The van der Waals surface area contributed by atoms with Gasteiger partial charge >= 0.3 is 12.0 Å². The Kier molecular flexibility index (Phi) is 5.82. The van der Waals surface area contributed by atoms with Crippen molar-refractivity contribution in [2.45, 2.75) is 20.3 Å². The number of benzene rings is 1. The zero-order valence-corrected chi connectivity index (χ0v) is 12.5. The van der Waals surface area contributed by atoms with E-state index < -0.39 is 12.0 Å². The molecule has 0 spiro atoms. The van der Waals surface area contributed by atoms with Crippen molar-refractivity contribution >= 4 is 33.6 Å². The summed E-state index contributed by atoms with van der Waals surface area (Å²) in [7, 11) is 0. The Balaban J connectivity index is 2.77. The van der Waals surface area contributed by atoms with Crippen molar-refractivity contribution in [3.63, 3.8) is 0 Å². The van der Waals surface area contributed by atoms with Crippen molar-refractivity contribution in [3.05, 3.63) is 28.2 Å². The number of aliphatic carboxylic acids is 1. The lowest BCUT2D eigenvalue weighted by molar-refractivity contribution is -0.137. The molecule has 0 unspecified atom stereocenters. The fraction of sp³-hybridized carbons (Fsp3) is 0.385. The van der Waals surface area contributed by atoms with Gasteiger partial charge in [0.1, 0.15) is 6.54 Å². The van der Waals surface area contributed by atoms with Gasteiger partial charge in [-0.2, -0.15) is 0 Å². The second-order valence-electron chi connectivity index (χ2n) is 4.20. The van der Waals surface area contributed by atoms with Crippen molar-refractivity contribution in [3.8, 4) is 0 Å². The van der Waals surface area contributed by atoms with Gasteiger partial charge in [-0.25, -0.2) is 4.79 Å². The maximum absolute atomic E-state index is 12.0. The summed E-state index contributed by atoms with van der Waals surface area (Å²) >= 11 is 3.35. The van der Waals surface area contributed by atoms with Gasteiger partial charge in [0.15, 0.2) is 0 Å². The summed E-state index contributed by atoms with van der Waals surface area (Å²) in [4.78, 5) is 24.0. The Morgan fingerprint density at radius 1 is 1.42 bits per heavy atom. The number of carboxylic acid groups (broad SMARTS) is 1. The lowest BCUT2D eigenvalue weighted by Gasteiger charge is -2.21. The van der Waals surface area contributed by atoms with Gasteiger partial charge in [0, 0.05) is 16.7 Å². The average Bonchev–Trinajstić information content (AvgIpc) is 2.31. The average molecular weight is 329 g/mol. The number of carbonyl (C=O) groups excluding carboxylic acids is 1. The van der Waals surface area contributed by atoms with E-state index in [1.54, 1.807) is 6.07 Å². The highest BCUT2D eigenvalue weighted by Gasteiger charge is 2.16. The molecule has 2 N–H and O–H groups in total. The number of rotatable bonds is 5. The van der Waals surface area contributed by atoms with Gasteiger partial charge in [-0.05, 0) is 37.1 Å². The van der Waals surface area contributed by atoms with Crippen LogP contribution in [0.2, 0.25) is 0 Å². The molecule has 0 aliphatic carbocycles. The number of aryl methyl sites for hydroxylation is 1. The van der Waals surface area contributed by atoms with Crippen molar-refractivity contribution < 1.29 is 14.7 Å². The fourth-order valence-electron chi connectivity index (χ4n) is 1.65. The third-order valence-corrected chi connectivity index (χ3v) is 3.03. The highest BCUT2D eigenvalue weighted by Crippen LogP contribution is 2.20. The number of carbonyl (C=O) groups is 2. The summed E-state index contributed by atoms with van der Waals surface area (Å²) in [6.07, 6.45) is 0.708. The minimum absolute atomic E-state index is 0.296. The minimum atomic E-state index is -1.02. The largest absolute Gasteiger partial charge is 0.480 e. The summed E-state index contributed by atoms with van der Waals surface area (Å²) in [6, 6.07) is 5.10. The molecule has 19 heavy (non-hydrogen) atoms. The van der Waals surface area contributed by atoms with E-state index in [4.69, 9.17) is 5.11 Å². The van der Waals surface area contributed by atoms with Gasteiger partial charge in [0.2, 0.25) is 0 Å². The van der Waals surface area contributed by atoms with E-state index in [0.717, 1.165) is 10.0 Å². The van der Waals surface area contributed by atoms with Crippen LogP contribution in [0.25, 0.3) is 0 Å². The third kappa shape index (κ3) is 4.90. The molecule has 0 aliphatic heterocycles. The summed E-state index contributed by atoms with van der Waals surface area (Å²) in [5.74, 6) is -1.02. The zero-order valence-electron chi connectivity index (χ0n) is 10.9. The van der Waals surface area contributed by atoms with Gasteiger partial charge in [0.05, 0.1) is 0 Å². The van der Waals surface area contributed by atoms with E-state index in [1.807, 2.05) is 26.0 Å². The van der Waals surface area contributed by atoms with Gasteiger partial charge in [-0.15, -0.1) is 0 Å². The lowest BCUT2D eigenvalue weighted by Crippen LogP contribution is -2.39. The van der Waals surface area contributed by atoms with Crippen LogP contribution in [0, 0.1) is 6.92 Å². The molecule has 0 aromatic heterocycles. The molecule has 0 aliphatic rings. The molecule has 1 rings (SSSR count). The molecular formula is C13H17BrN2O3. The standard InChI is InChI=1S/C13H17BrN2O3/c1-3-6-16(8-12(17)18)13(19)15-11-5-4-10(14)7-9(11)2/h4-5,7H,3,6,8H2,1-2H3,(H,15,19)(H,17,18). The van der Waals surface area contributed by atoms with Crippen LogP contribution in [0.1, 0.15) is 18.9 Å². The van der Waals surface area contributed by atoms with Crippen LogP contribution in [-0.2, 0) is 4.79 Å². The number of hydrogen-bond acceptors (Lipinski definition) is 2. The quantitative estimate of drug-likeness (QED) is 0.872. The number of halogens is 1. The Morgan fingerprint density at radius 3 is 2.63 bits per heavy atom. The number of hydrogen-bond donors (Lipinski definition) is 2. The van der Waals surface area contributed by atoms with Crippen LogP contribution in [0.15, 0.2) is 22.7 Å². The monoisotopic (exact) mass is 328 g/mol. The van der Waals surface area contributed by atoms with Gasteiger partial charge in [0.25, 0.3) is 0 Å². The summed E-state index contributed by atoms with van der Waals surface area (Å²) < 4.78 is 0.930. The maximum Gasteiger partial charge on any atom is 0.323 e. The smallest absolute Gasteiger partial charge is 0.323 e. The molecule has 1 aromatic rings. The van der Waals surface area contributed by atoms with Crippen LogP contribution in [0.4, 0.5) is 10.5 Å². The summed E-state index contributed by atoms with van der Waals surface area (Å²) in [5.41, 5.74) is 1.59. The number of carboxylic acids is 1. The number of nitrogens with one attached hydrogen (secondary N) is 1. The van der Waals surface area contributed by atoms with Crippen molar-refractivity contribution in [1.82, 2.24) is 4.90 Å². The van der Waals surface area contributed by atoms with Crippen LogP contribution < -0.4 is 5.32 Å². The first-order valence-electron chi connectivity index (χ1n) is 5.98. The van der Waals surface area contributed by atoms with Crippen molar-refractivity contribution in [1.29, 1.82) is 0 Å². The van der Waals surface area contributed by atoms with Gasteiger partial charge in [-0.3, -0.25) is 4.79 Å². The Morgan fingerprint density at radius 2 is 2.11 bits per heavy atom. The predicted octanol–water partition coefficient (Wildman–Crippen LogP) is 3.09. The van der Waals surface area contributed by atoms with Crippen LogP contribution in [0.5, 0.6) is 0 Å². The van der Waals surface area contributed by atoms with E-state index in [-0.39, 0.29) is 6.54 Å². The lowest BCUT2D eigenvalue weighted by atomic mass is 10.2. The highest BCUT2D eigenvalue weighted by molar-refractivity contribution is 9.10. The van der Waals surface area contributed by atoms with Crippen LogP contribution >= 0.6 is 15.9 Å². The molecule has 5 nitrogen and oxygen atoms in total. The number of anilines is 1. The van der Waals surface area contributed by atoms with Crippen LogP contribution in [-0.4, -0.2) is 35.1 Å². The fourth-order valence-corrected chi connectivity index (χ4v) is 2.12. The first-order valence-corrected chi connectivity index (χ1v) is 6.77. The van der Waals surface area contributed by atoms with E-state index in [2.05, 4.69) is 21.2 Å². The SMILES string of the molecule is CCCN(CC(=O)O)C(=O)Nc1ccc(Br)cc1C.